The summed E-state index contributed by atoms with van der Waals surface area (Å²) in [5.41, 5.74) is -3.42. The van der Waals surface area contributed by atoms with E-state index in [0.717, 1.165) is 57.8 Å². The highest BCUT2D eigenvalue weighted by atomic mass is 31.2. The Balaban J connectivity index is 7.29. The molecule has 0 aliphatic carbocycles. The molecule has 14 heteroatoms. The van der Waals surface area contributed by atoms with Crippen LogP contribution < -0.4 is 0 Å². The predicted octanol–water partition coefficient (Wildman–Crippen LogP) is 26.2. The standard InChI is InChI=1S/C87H177N3O10P/c1-19-25-28-31-34-37-40-43-46-49-52-55-58-61-64-67-70-82(76-95-79(7)91)73-85(22-4,88(10,11)12)98-101(94,99-86(23-5,89(13,14)15)74-83(77-96-80(8)92)71-68-65-62-59-56-53-50-47-44-41-38-35-32-29-26-20-2)100-87(24-6,90(16,17)18)75-84(78-97-81(9)93)72-69-66-63-60-57-54-51-48-45-42-39-36-33-30-27-21-3/h82-84H,19-78H2,1-18H3/q+3. The first-order valence-corrected chi connectivity index (χ1v) is 45.1. The number of rotatable bonds is 75. The van der Waals surface area contributed by atoms with Gasteiger partial charge in [-0.25, -0.2) is 18.1 Å². The molecule has 13 nitrogen and oxygen atoms in total. The Hall–Kier alpha value is -1.60. The Morgan fingerprint density at radius 3 is 0.545 bits per heavy atom. The SMILES string of the molecule is CCCCCCCCCCCCCCCCCCC(COC(C)=O)CC(CC)(OP(=O)(OC(CC)(CC(CCCCCCCCCCCCCCCCCC)COC(C)=O)[N+](C)(C)C)OC(CC)(CC(CCCCCCCCCCCCCCCCCC)COC(C)=O)[N+](C)(C)C)[N+](C)(C)C. The van der Waals surface area contributed by atoms with Gasteiger partial charge in [0.25, 0.3) is 0 Å². The van der Waals surface area contributed by atoms with Crippen LogP contribution in [0.4, 0.5) is 0 Å². The summed E-state index contributed by atoms with van der Waals surface area (Å²) >= 11 is 0. The van der Waals surface area contributed by atoms with Crippen LogP contribution in [-0.4, -0.2) is 132 Å². The van der Waals surface area contributed by atoms with Crippen molar-refractivity contribution >= 4 is 25.7 Å². The molecule has 0 amide bonds. The Morgan fingerprint density at radius 2 is 0.416 bits per heavy atom. The number of carbonyl (C=O) groups excluding carboxylic acids is 3. The van der Waals surface area contributed by atoms with Gasteiger partial charge in [-0.05, 0) is 19.3 Å². The Morgan fingerprint density at radius 1 is 0.267 bits per heavy atom. The van der Waals surface area contributed by atoms with Crippen molar-refractivity contribution in [1.82, 2.24) is 0 Å². The van der Waals surface area contributed by atoms with Gasteiger partial charge in [0.2, 0.25) is 17.2 Å². The van der Waals surface area contributed by atoms with Gasteiger partial charge >= 0.3 is 25.7 Å². The summed E-state index contributed by atoms with van der Waals surface area (Å²) < 4.78 is 59.5. The average Bonchev–Trinajstić information content (AvgIpc) is 0.742. The fraction of sp³-hybridized carbons (Fsp3) is 0.966. The van der Waals surface area contributed by atoms with Crippen LogP contribution in [0.15, 0.2) is 0 Å². The van der Waals surface area contributed by atoms with Gasteiger partial charge in [-0.2, -0.15) is 0 Å². The second kappa shape index (κ2) is 60.3. The van der Waals surface area contributed by atoms with Gasteiger partial charge in [-0.15, -0.1) is 0 Å². The molecule has 0 spiro atoms. The molecular formula is C87H177N3O10P+3. The maximum atomic E-state index is 17.6. The normalized spacial score (nSPS) is 15.7. The van der Waals surface area contributed by atoms with E-state index in [2.05, 4.69) is 105 Å². The van der Waals surface area contributed by atoms with E-state index in [-0.39, 0.29) is 68.9 Å². The first kappa shape index (κ1) is 99.4. The van der Waals surface area contributed by atoms with Crippen molar-refractivity contribution in [1.29, 1.82) is 0 Å². The van der Waals surface area contributed by atoms with Gasteiger partial charge in [-0.1, -0.05) is 350 Å². The molecule has 0 aliphatic heterocycles. The lowest BCUT2D eigenvalue weighted by molar-refractivity contribution is -0.956. The smallest absolute Gasteiger partial charge is 0.466 e. The first-order valence-electron chi connectivity index (χ1n) is 43.7. The highest BCUT2D eigenvalue weighted by Crippen LogP contribution is 2.64. The maximum absolute atomic E-state index is 17.6. The zero-order chi connectivity index (χ0) is 75.6. The summed E-state index contributed by atoms with van der Waals surface area (Å²) in [6.07, 6.45) is 67.3. The molecule has 6 unspecified atom stereocenters. The lowest BCUT2D eigenvalue weighted by atomic mass is 9.89. The molecule has 0 aromatic rings. The molecular weight excluding hydrogens is 1280 g/mol. The molecule has 101 heavy (non-hydrogen) atoms. The minimum Gasteiger partial charge on any atom is -0.466 e. The second-order valence-electron chi connectivity index (χ2n) is 34.6. The molecule has 0 fully saturated rings. The van der Waals surface area contributed by atoms with Gasteiger partial charge in [0.1, 0.15) is 0 Å². The molecule has 0 saturated carbocycles. The van der Waals surface area contributed by atoms with Crippen LogP contribution >= 0.6 is 7.82 Å². The highest BCUT2D eigenvalue weighted by Gasteiger charge is 2.61. The average molecular weight is 1460 g/mol. The number of esters is 3. The fourth-order valence-corrected chi connectivity index (χ4v) is 18.5. The molecule has 0 saturated heterocycles. The van der Waals surface area contributed by atoms with Crippen LogP contribution in [0.5, 0.6) is 0 Å². The summed E-state index contributed by atoms with van der Waals surface area (Å²) in [5.74, 6) is -1.24. The van der Waals surface area contributed by atoms with Crippen molar-refractivity contribution in [2.75, 3.05) is 83.2 Å². The third kappa shape index (κ3) is 49.1. The topological polar surface area (TPSA) is 124 Å². The minimum atomic E-state index is -4.77. The van der Waals surface area contributed by atoms with Crippen LogP contribution in [0.1, 0.15) is 428 Å². The largest absolute Gasteiger partial charge is 0.489 e. The number of phosphoric ester groups is 1. The van der Waals surface area contributed by atoms with E-state index in [1.54, 1.807) is 0 Å². The number of hydrogen-bond acceptors (Lipinski definition) is 10. The molecule has 0 rings (SSSR count). The Kier molecular flexibility index (Phi) is 59.4. The van der Waals surface area contributed by atoms with Crippen LogP contribution in [0, 0.1) is 17.8 Å². The molecule has 6 atom stereocenters. The molecule has 0 aromatic carbocycles. The number of quaternary nitrogens is 3. The summed E-state index contributed by atoms with van der Waals surface area (Å²) in [4.78, 5) is 38.3. The monoisotopic (exact) mass is 1460 g/mol. The third-order valence-electron chi connectivity index (χ3n) is 23.0. The molecule has 0 bridgehead atoms. The van der Waals surface area contributed by atoms with Crippen LogP contribution in [0.2, 0.25) is 0 Å². The van der Waals surface area contributed by atoms with E-state index in [4.69, 9.17) is 27.8 Å². The lowest BCUT2D eigenvalue weighted by Crippen LogP contribution is -2.63. The Bertz CT molecular complexity index is 1790. The van der Waals surface area contributed by atoms with Gasteiger partial charge < -0.3 is 27.7 Å². The second-order valence-corrected chi connectivity index (χ2v) is 36.0. The van der Waals surface area contributed by atoms with Crippen LogP contribution in [-0.2, 0) is 46.7 Å². The molecule has 0 aromatic heterocycles. The van der Waals surface area contributed by atoms with E-state index < -0.39 is 25.0 Å². The molecule has 602 valence electrons. The van der Waals surface area contributed by atoms with Crippen molar-refractivity contribution in [3.8, 4) is 0 Å². The number of nitrogens with zero attached hydrogens (tertiary/aromatic N) is 3. The van der Waals surface area contributed by atoms with Crippen molar-refractivity contribution < 1.29 is 60.2 Å². The number of ether oxygens (including phenoxy) is 3. The Labute approximate surface area is 629 Å². The first-order chi connectivity index (χ1) is 48.1. The van der Waals surface area contributed by atoms with Crippen molar-refractivity contribution in [2.45, 2.75) is 445 Å². The van der Waals surface area contributed by atoms with E-state index >= 15 is 4.57 Å². The minimum absolute atomic E-state index is 0.0967. The summed E-state index contributed by atoms with van der Waals surface area (Å²) in [6, 6.07) is 0. The van der Waals surface area contributed by atoms with Gasteiger partial charge in [0.15, 0.2) is 0 Å². The number of unbranched alkanes of at least 4 members (excludes halogenated alkanes) is 45. The lowest BCUT2D eigenvalue weighted by Gasteiger charge is -2.53. The number of phosphoric acid groups is 1. The fourth-order valence-electron chi connectivity index (χ4n) is 15.8. The summed E-state index contributed by atoms with van der Waals surface area (Å²) in [5, 5.41) is 0. The zero-order valence-corrected chi connectivity index (χ0v) is 71.9. The molecule has 0 heterocycles. The summed E-state index contributed by atoms with van der Waals surface area (Å²) in [7, 11) is 14.3. The summed E-state index contributed by atoms with van der Waals surface area (Å²) in [6.45, 7) is 18.4. The quantitative estimate of drug-likeness (QED) is 0.0145. The highest BCUT2D eigenvalue weighted by molar-refractivity contribution is 7.48. The van der Waals surface area contributed by atoms with Gasteiger partial charge in [0, 0.05) is 77.0 Å². The maximum Gasteiger partial charge on any atom is 0.489 e. The van der Waals surface area contributed by atoms with E-state index in [0.29, 0.717) is 38.5 Å². The van der Waals surface area contributed by atoms with Crippen LogP contribution in [0.3, 0.4) is 0 Å². The number of hydrogen-bond donors (Lipinski definition) is 0. The molecule has 0 radical (unpaired) electrons. The zero-order valence-electron chi connectivity index (χ0n) is 71.0. The van der Waals surface area contributed by atoms with Gasteiger partial charge in [-0.3, -0.25) is 14.4 Å². The predicted molar refractivity (Wildman–Crippen MR) is 431 cm³/mol. The van der Waals surface area contributed by atoms with E-state index in [1.165, 1.54) is 290 Å². The van der Waals surface area contributed by atoms with Crippen molar-refractivity contribution in [3.63, 3.8) is 0 Å². The van der Waals surface area contributed by atoms with E-state index in [1.807, 2.05) is 0 Å². The van der Waals surface area contributed by atoms with Gasteiger partial charge in [0.05, 0.1) is 83.2 Å². The number of carbonyl (C=O) groups is 3. The van der Waals surface area contributed by atoms with Crippen LogP contribution in [0.25, 0.3) is 0 Å². The van der Waals surface area contributed by atoms with Crippen molar-refractivity contribution in [2.24, 2.45) is 17.8 Å². The molecule has 0 N–H and O–H groups in total. The van der Waals surface area contributed by atoms with Crippen molar-refractivity contribution in [3.05, 3.63) is 0 Å². The third-order valence-corrected chi connectivity index (χ3v) is 24.6. The van der Waals surface area contributed by atoms with E-state index in [9.17, 15) is 14.4 Å². The molecule has 0 aliphatic rings.